The Morgan fingerprint density at radius 3 is 2.47 bits per heavy atom. The Morgan fingerprint density at radius 2 is 2.00 bits per heavy atom. The molecule has 0 aliphatic heterocycles. The molecule has 0 saturated carbocycles. The van der Waals surface area contributed by atoms with E-state index in [1.807, 2.05) is 0 Å². The molecule has 106 valence electrons. The van der Waals surface area contributed by atoms with Gasteiger partial charge in [0, 0.05) is 6.92 Å². The molecular formula is C12H15ClFNO3S. The van der Waals surface area contributed by atoms with E-state index in [0.29, 0.717) is 0 Å². The number of sulfone groups is 1. The first-order valence-electron chi connectivity index (χ1n) is 5.63. The van der Waals surface area contributed by atoms with E-state index < -0.39 is 21.6 Å². The Morgan fingerprint density at radius 1 is 1.42 bits per heavy atom. The highest BCUT2D eigenvalue weighted by Crippen LogP contribution is 2.29. The van der Waals surface area contributed by atoms with Crippen LogP contribution < -0.4 is 5.32 Å². The van der Waals surface area contributed by atoms with Gasteiger partial charge < -0.3 is 5.32 Å². The smallest absolute Gasteiger partial charge is 0.221 e. The van der Waals surface area contributed by atoms with Crippen LogP contribution in [-0.4, -0.2) is 20.1 Å². The summed E-state index contributed by atoms with van der Waals surface area (Å²) in [7, 11) is -3.62. The zero-order valence-corrected chi connectivity index (χ0v) is 12.4. The van der Waals surface area contributed by atoms with E-state index in [2.05, 4.69) is 5.32 Å². The van der Waals surface area contributed by atoms with E-state index in [4.69, 9.17) is 11.6 Å². The molecule has 1 amide bonds. The molecule has 0 bridgehead atoms. The fourth-order valence-corrected chi connectivity index (χ4v) is 3.80. The first-order chi connectivity index (χ1) is 8.63. The molecule has 0 atom stereocenters. The highest BCUT2D eigenvalue weighted by molar-refractivity contribution is 7.91. The summed E-state index contributed by atoms with van der Waals surface area (Å²) in [6.45, 7) is 4.71. The summed E-state index contributed by atoms with van der Waals surface area (Å²) in [4.78, 5) is 10.8. The lowest BCUT2D eigenvalue weighted by Crippen LogP contribution is -2.14. The maximum absolute atomic E-state index is 13.5. The lowest BCUT2D eigenvalue weighted by atomic mass is 10.3. The highest BCUT2D eigenvalue weighted by atomic mass is 35.5. The predicted octanol–water partition coefficient (Wildman–Crippen LogP) is 2.87. The fraction of sp³-hybridized carbons (Fsp3) is 0.417. The number of carbonyl (C=O) groups excluding carboxylic acids is 1. The summed E-state index contributed by atoms with van der Waals surface area (Å²) in [5, 5.41) is 2.04. The average Bonchev–Trinajstić information content (AvgIpc) is 2.19. The molecule has 0 radical (unpaired) electrons. The van der Waals surface area contributed by atoms with E-state index in [9.17, 15) is 17.6 Å². The maximum atomic E-state index is 13.5. The van der Waals surface area contributed by atoms with Crippen molar-refractivity contribution in [3.05, 3.63) is 23.0 Å². The van der Waals surface area contributed by atoms with E-state index in [0.717, 1.165) is 12.1 Å². The van der Waals surface area contributed by atoms with Crippen LogP contribution in [0.15, 0.2) is 17.0 Å². The van der Waals surface area contributed by atoms with Gasteiger partial charge >= 0.3 is 0 Å². The lowest BCUT2D eigenvalue weighted by molar-refractivity contribution is -0.114. The predicted molar refractivity (Wildman–Crippen MR) is 72.6 cm³/mol. The van der Waals surface area contributed by atoms with E-state index >= 15 is 0 Å². The topological polar surface area (TPSA) is 63.2 Å². The maximum Gasteiger partial charge on any atom is 0.221 e. The third kappa shape index (κ3) is 4.18. The molecule has 1 aromatic carbocycles. The van der Waals surface area contributed by atoms with Gasteiger partial charge in [-0.05, 0) is 18.1 Å². The molecule has 1 rings (SSSR count). The molecule has 1 N–H and O–H groups in total. The van der Waals surface area contributed by atoms with Crippen LogP contribution in [0.3, 0.4) is 0 Å². The first kappa shape index (κ1) is 15.9. The van der Waals surface area contributed by atoms with Gasteiger partial charge in [0.05, 0.1) is 21.4 Å². The number of halogens is 2. The van der Waals surface area contributed by atoms with Crippen molar-refractivity contribution in [1.29, 1.82) is 0 Å². The largest absolute Gasteiger partial charge is 0.324 e. The average molecular weight is 308 g/mol. The molecule has 0 aliphatic carbocycles. The second-order valence-corrected chi connectivity index (χ2v) is 7.03. The summed E-state index contributed by atoms with van der Waals surface area (Å²) < 4.78 is 37.7. The molecule has 0 fully saturated rings. The summed E-state index contributed by atoms with van der Waals surface area (Å²) in [5.41, 5.74) is -0.195. The van der Waals surface area contributed by atoms with Gasteiger partial charge in [-0.1, -0.05) is 25.4 Å². The standard InChI is InChI=1S/C12H15ClFNO3S/c1-7(2)6-19(17,18)12-5-11(15-8(3)16)10(14)4-9(12)13/h4-5,7H,6H2,1-3H3,(H,15,16). The second kappa shape index (κ2) is 5.88. The van der Waals surface area contributed by atoms with Crippen LogP contribution >= 0.6 is 11.6 Å². The van der Waals surface area contributed by atoms with Crippen molar-refractivity contribution < 1.29 is 17.6 Å². The third-order valence-electron chi connectivity index (χ3n) is 2.22. The van der Waals surface area contributed by atoms with Crippen LogP contribution in [0.5, 0.6) is 0 Å². The molecule has 7 heteroatoms. The van der Waals surface area contributed by atoms with Crippen LogP contribution in [0.4, 0.5) is 10.1 Å². The SMILES string of the molecule is CC(=O)Nc1cc(S(=O)(=O)CC(C)C)c(Cl)cc1F. The number of nitrogens with one attached hydrogen (secondary N) is 1. The number of hydrogen-bond acceptors (Lipinski definition) is 3. The minimum Gasteiger partial charge on any atom is -0.324 e. The van der Waals surface area contributed by atoms with Crippen molar-refractivity contribution in [2.75, 3.05) is 11.1 Å². The molecule has 0 unspecified atom stereocenters. The molecular weight excluding hydrogens is 293 g/mol. The number of carbonyl (C=O) groups is 1. The Bertz CT molecular complexity index is 599. The minimum absolute atomic E-state index is 0.0877. The van der Waals surface area contributed by atoms with Crippen molar-refractivity contribution in [3.63, 3.8) is 0 Å². The van der Waals surface area contributed by atoms with Gasteiger partial charge in [-0.15, -0.1) is 0 Å². The van der Waals surface area contributed by atoms with Gasteiger partial charge in [-0.2, -0.15) is 0 Å². The van der Waals surface area contributed by atoms with Crippen LogP contribution in [0, 0.1) is 11.7 Å². The summed E-state index contributed by atoms with van der Waals surface area (Å²) in [5.74, 6) is -1.45. The molecule has 0 heterocycles. The Kier molecular flexibility index (Phi) is 4.92. The fourth-order valence-electron chi connectivity index (χ4n) is 1.58. The van der Waals surface area contributed by atoms with E-state index in [1.54, 1.807) is 13.8 Å². The minimum atomic E-state index is -3.62. The summed E-state index contributed by atoms with van der Waals surface area (Å²) in [6.07, 6.45) is 0. The van der Waals surface area contributed by atoms with Crippen molar-refractivity contribution in [2.45, 2.75) is 25.7 Å². The van der Waals surface area contributed by atoms with E-state index in [-0.39, 0.29) is 27.3 Å². The van der Waals surface area contributed by atoms with Gasteiger partial charge in [-0.25, -0.2) is 12.8 Å². The normalized spacial score (nSPS) is 11.7. The number of amides is 1. The summed E-state index contributed by atoms with van der Waals surface area (Å²) in [6, 6.07) is 1.94. The van der Waals surface area contributed by atoms with Gasteiger partial charge in [0.25, 0.3) is 0 Å². The van der Waals surface area contributed by atoms with Crippen LogP contribution in [0.1, 0.15) is 20.8 Å². The van der Waals surface area contributed by atoms with Crippen molar-refractivity contribution in [3.8, 4) is 0 Å². The van der Waals surface area contributed by atoms with Gasteiger partial charge in [0.1, 0.15) is 5.82 Å². The Labute approximate surface area is 116 Å². The Hall–Kier alpha value is -1.14. The van der Waals surface area contributed by atoms with E-state index in [1.165, 1.54) is 6.92 Å². The Balaban J connectivity index is 3.32. The number of rotatable bonds is 4. The van der Waals surface area contributed by atoms with Gasteiger partial charge in [-0.3, -0.25) is 4.79 Å². The zero-order valence-electron chi connectivity index (χ0n) is 10.8. The molecule has 19 heavy (non-hydrogen) atoms. The second-order valence-electron chi connectivity index (χ2n) is 4.62. The molecule has 0 saturated heterocycles. The monoisotopic (exact) mass is 307 g/mol. The molecule has 0 aliphatic rings. The van der Waals surface area contributed by atoms with Gasteiger partial charge in [0.15, 0.2) is 9.84 Å². The number of benzene rings is 1. The van der Waals surface area contributed by atoms with Crippen molar-refractivity contribution in [1.82, 2.24) is 0 Å². The molecule has 0 aromatic heterocycles. The summed E-state index contributed by atoms with van der Waals surface area (Å²) >= 11 is 5.77. The van der Waals surface area contributed by atoms with Crippen molar-refractivity contribution in [2.24, 2.45) is 5.92 Å². The number of anilines is 1. The lowest BCUT2D eigenvalue weighted by Gasteiger charge is -2.11. The zero-order chi connectivity index (χ0) is 14.8. The third-order valence-corrected chi connectivity index (χ3v) is 4.76. The molecule has 4 nitrogen and oxygen atoms in total. The van der Waals surface area contributed by atoms with Crippen LogP contribution in [0.2, 0.25) is 5.02 Å². The van der Waals surface area contributed by atoms with Crippen LogP contribution in [0.25, 0.3) is 0 Å². The highest BCUT2D eigenvalue weighted by Gasteiger charge is 2.22. The first-order valence-corrected chi connectivity index (χ1v) is 7.66. The molecule has 0 spiro atoms. The van der Waals surface area contributed by atoms with Crippen molar-refractivity contribution >= 4 is 33.0 Å². The van der Waals surface area contributed by atoms with Crippen LogP contribution in [-0.2, 0) is 14.6 Å². The quantitative estimate of drug-likeness (QED) is 0.870. The number of hydrogen-bond donors (Lipinski definition) is 1. The van der Waals surface area contributed by atoms with Gasteiger partial charge in [0.2, 0.25) is 5.91 Å². The molecule has 1 aromatic rings.